The minimum atomic E-state index is -0.313. The summed E-state index contributed by atoms with van der Waals surface area (Å²) in [6.07, 6.45) is 1.13. The molecule has 7 nitrogen and oxygen atoms in total. The lowest BCUT2D eigenvalue weighted by Crippen LogP contribution is -2.11. The van der Waals surface area contributed by atoms with Crippen molar-refractivity contribution in [3.63, 3.8) is 0 Å². The van der Waals surface area contributed by atoms with Crippen molar-refractivity contribution in [2.45, 2.75) is 19.8 Å². The van der Waals surface area contributed by atoms with Crippen molar-refractivity contribution in [2.75, 3.05) is 17.7 Å². The number of methoxy groups -OCH3 is 1. The smallest absolute Gasteiger partial charge is 0.224 e. The number of nitrogens with one attached hydrogen (secondary N) is 2. The minimum absolute atomic E-state index is 0.125. The van der Waals surface area contributed by atoms with Gasteiger partial charge < -0.3 is 15.4 Å². The fourth-order valence-electron chi connectivity index (χ4n) is 1.74. The number of allylic oxidation sites excluding steroid dienone is 2. The molecule has 1 rings (SSSR count). The summed E-state index contributed by atoms with van der Waals surface area (Å²) in [5.74, 6) is 0.271. The van der Waals surface area contributed by atoms with Gasteiger partial charge in [-0.05, 0) is 18.6 Å². The van der Waals surface area contributed by atoms with E-state index in [0.29, 0.717) is 23.5 Å². The topological polar surface area (TPSA) is 122 Å². The van der Waals surface area contributed by atoms with Crippen molar-refractivity contribution in [3.8, 4) is 24.0 Å². The highest BCUT2D eigenvalue weighted by atomic mass is 16.5. The molecular formula is C16H15N5O2. The number of amides is 1. The molecule has 0 unspecified atom stereocenters. The molecule has 116 valence electrons. The summed E-state index contributed by atoms with van der Waals surface area (Å²) in [5, 5.41) is 32.1. The Bertz CT molecular complexity index is 731. The Morgan fingerprint density at radius 3 is 2.39 bits per heavy atom. The molecule has 0 heterocycles. The first-order valence-electron chi connectivity index (χ1n) is 6.79. The van der Waals surface area contributed by atoms with E-state index in [1.54, 1.807) is 36.4 Å². The number of nitriles is 3. The number of hydrogen-bond donors (Lipinski definition) is 2. The molecule has 1 amide bonds. The zero-order valence-corrected chi connectivity index (χ0v) is 12.8. The van der Waals surface area contributed by atoms with E-state index in [4.69, 9.17) is 20.5 Å². The van der Waals surface area contributed by atoms with Gasteiger partial charge in [0.2, 0.25) is 5.91 Å². The van der Waals surface area contributed by atoms with Gasteiger partial charge in [-0.25, -0.2) is 0 Å². The van der Waals surface area contributed by atoms with E-state index in [1.807, 2.05) is 6.92 Å². The maximum absolute atomic E-state index is 11.7. The van der Waals surface area contributed by atoms with Crippen molar-refractivity contribution in [3.05, 3.63) is 29.5 Å². The van der Waals surface area contributed by atoms with E-state index >= 15 is 0 Å². The number of rotatable bonds is 6. The van der Waals surface area contributed by atoms with Gasteiger partial charge in [-0.2, -0.15) is 15.8 Å². The molecular weight excluding hydrogens is 294 g/mol. The summed E-state index contributed by atoms with van der Waals surface area (Å²) in [6.45, 7) is 1.90. The van der Waals surface area contributed by atoms with Gasteiger partial charge >= 0.3 is 0 Å². The van der Waals surface area contributed by atoms with Crippen LogP contribution in [0.25, 0.3) is 0 Å². The summed E-state index contributed by atoms with van der Waals surface area (Å²) in [7, 11) is 1.45. The first-order valence-corrected chi connectivity index (χ1v) is 6.79. The molecule has 7 heteroatoms. The highest BCUT2D eigenvalue weighted by Crippen LogP contribution is 2.29. The molecule has 0 aliphatic heterocycles. The lowest BCUT2D eigenvalue weighted by Gasteiger charge is -2.12. The highest BCUT2D eigenvalue weighted by molar-refractivity contribution is 5.92. The number of carbonyl (C=O) groups excluding carboxylic acids is 1. The molecule has 0 radical (unpaired) electrons. The summed E-state index contributed by atoms with van der Waals surface area (Å²) < 4.78 is 5.21. The van der Waals surface area contributed by atoms with E-state index in [-0.39, 0.29) is 17.2 Å². The van der Waals surface area contributed by atoms with Gasteiger partial charge in [-0.3, -0.25) is 4.79 Å². The van der Waals surface area contributed by atoms with Gasteiger partial charge in [0, 0.05) is 18.2 Å². The number of carbonyl (C=O) groups is 1. The molecule has 1 aromatic rings. The van der Waals surface area contributed by atoms with Gasteiger partial charge in [-0.15, -0.1) is 0 Å². The van der Waals surface area contributed by atoms with Crippen molar-refractivity contribution in [2.24, 2.45) is 0 Å². The van der Waals surface area contributed by atoms with Gasteiger partial charge in [-0.1, -0.05) is 6.92 Å². The summed E-state index contributed by atoms with van der Waals surface area (Å²) >= 11 is 0. The minimum Gasteiger partial charge on any atom is -0.494 e. The Morgan fingerprint density at radius 2 is 1.87 bits per heavy atom. The Hall–Kier alpha value is -3.50. The number of benzene rings is 1. The normalized spacial score (nSPS) is 8.83. The molecule has 0 aromatic heterocycles. The third-order valence-corrected chi connectivity index (χ3v) is 2.81. The van der Waals surface area contributed by atoms with Crippen LogP contribution in [0.2, 0.25) is 0 Å². The van der Waals surface area contributed by atoms with Gasteiger partial charge in [0.1, 0.15) is 29.7 Å². The third kappa shape index (κ3) is 4.77. The van der Waals surface area contributed by atoms with Crippen LogP contribution >= 0.6 is 0 Å². The van der Waals surface area contributed by atoms with Crippen LogP contribution in [0.4, 0.5) is 11.4 Å². The van der Waals surface area contributed by atoms with Crippen molar-refractivity contribution >= 4 is 17.3 Å². The molecule has 0 aliphatic carbocycles. The predicted octanol–water partition coefficient (Wildman–Crippen LogP) is 2.67. The summed E-state index contributed by atoms with van der Waals surface area (Å²) in [6, 6.07) is 9.84. The van der Waals surface area contributed by atoms with Crippen LogP contribution < -0.4 is 15.4 Å². The number of anilines is 2. The van der Waals surface area contributed by atoms with Crippen molar-refractivity contribution in [1.29, 1.82) is 15.8 Å². The Morgan fingerprint density at radius 1 is 1.17 bits per heavy atom. The van der Waals surface area contributed by atoms with Crippen LogP contribution in [0.3, 0.4) is 0 Å². The Labute approximate surface area is 134 Å². The van der Waals surface area contributed by atoms with E-state index in [2.05, 4.69) is 10.6 Å². The quantitative estimate of drug-likeness (QED) is 0.779. The third-order valence-electron chi connectivity index (χ3n) is 2.81. The fraction of sp³-hybridized carbons (Fsp3) is 0.250. The van der Waals surface area contributed by atoms with Crippen LogP contribution in [-0.2, 0) is 4.79 Å². The van der Waals surface area contributed by atoms with Crippen LogP contribution in [0.15, 0.2) is 29.5 Å². The van der Waals surface area contributed by atoms with Crippen LogP contribution in [0, 0.1) is 34.0 Å². The van der Waals surface area contributed by atoms with Crippen LogP contribution in [0.1, 0.15) is 19.8 Å². The summed E-state index contributed by atoms with van der Waals surface area (Å²) in [5.41, 5.74) is 0.487. The highest BCUT2D eigenvalue weighted by Gasteiger charge is 2.10. The van der Waals surface area contributed by atoms with E-state index in [1.165, 1.54) is 7.11 Å². The first-order chi connectivity index (χ1) is 11.1. The van der Waals surface area contributed by atoms with Gasteiger partial charge in [0.15, 0.2) is 5.57 Å². The van der Waals surface area contributed by atoms with E-state index in [9.17, 15) is 4.79 Å². The molecule has 0 aliphatic rings. The molecule has 0 saturated carbocycles. The van der Waals surface area contributed by atoms with Crippen LogP contribution in [-0.4, -0.2) is 13.0 Å². The molecule has 0 bridgehead atoms. The standard InChI is InChI=1S/C16H15N5O2/c1-3-4-16(22)21-13-6-5-12(7-15(13)23-2)20-14(10-19)11(8-17)9-18/h5-7,20H,3-4H2,1-2H3,(H,21,22). The predicted molar refractivity (Wildman–Crippen MR) is 84.0 cm³/mol. The molecule has 0 saturated heterocycles. The number of nitrogens with zero attached hydrogens (tertiary/aromatic N) is 3. The first kappa shape index (κ1) is 17.6. The maximum Gasteiger partial charge on any atom is 0.224 e. The monoisotopic (exact) mass is 309 g/mol. The second-order valence-corrected chi connectivity index (χ2v) is 4.42. The van der Waals surface area contributed by atoms with Gasteiger partial charge in [0.25, 0.3) is 0 Å². The fourth-order valence-corrected chi connectivity index (χ4v) is 1.74. The maximum atomic E-state index is 11.7. The second kappa shape index (κ2) is 8.71. The summed E-state index contributed by atoms with van der Waals surface area (Å²) in [4.78, 5) is 11.7. The molecule has 2 N–H and O–H groups in total. The molecule has 0 spiro atoms. The number of hydrogen-bond acceptors (Lipinski definition) is 6. The van der Waals surface area contributed by atoms with Crippen LogP contribution in [0.5, 0.6) is 5.75 Å². The van der Waals surface area contributed by atoms with E-state index < -0.39 is 0 Å². The lowest BCUT2D eigenvalue weighted by atomic mass is 10.2. The molecule has 23 heavy (non-hydrogen) atoms. The Kier molecular flexibility index (Phi) is 6.65. The largest absolute Gasteiger partial charge is 0.494 e. The number of ether oxygens (including phenoxy) is 1. The molecule has 0 fully saturated rings. The second-order valence-electron chi connectivity index (χ2n) is 4.42. The zero-order valence-electron chi connectivity index (χ0n) is 12.8. The van der Waals surface area contributed by atoms with E-state index in [0.717, 1.165) is 6.42 Å². The Balaban J connectivity index is 3.08. The average molecular weight is 309 g/mol. The zero-order chi connectivity index (χ0) is 17.2. The van der Waals surface area contributed by atoms with Crippen molar-refractivity contribution in [1.82, 2.24) is 0 Å². The van der Waals surface area contributed by atoms with Gasteiger partial charge in [0.05, 0.1) is 12.8 Å². The molecule has 0 atom stereocenters. The lowest BCUT2D eigenvalue weighted by molar-refractivity contribution is -0.116. The SMILES string of the molecule is CCCC(=O)Nc1ccc(NC(C#N)=C(C#N)C#N)cc1OC. The van der Waals surface area contributed by atoms with Crippen molar-refractivity contribution < 1.29 is 9.53 Å². The average Bonchev–Trinajstić information content (AvgIpc) is 2.56. The molecule has 1 aromatic carbocycles.